The molecule has 40 heavy (non-hydrogen) atoms. The third-order valence-corrected chi connectivity index (χ3v) is 6.58. The molecule has 0 atom stereocenters. The minimum Gasteiger partial charge on any atom is -0.335 e. The minimum absolute atomic E-state index is 0.115. The lowest BCUT2D eigenvalue weighted by atomic mass is 10.1. The summed E-state index contributed by atoms with van der Waals surface area (Å²) < 4.78 is 0. The molecular weight excluding hydrogens is 502 g/mol. The fourth-order valence-electron chi connectivity index (χ4n) is 4.68. The zero-order chi connectivity index (χ0) is 26.9. The van der Waals surface area contributed by atoms with Crippen molar-refractivity contribution in [3.63, 3.8) is 0 Å². The number of fused-ring (bicyclic) bond motifs is 2. The van der Waals surface area contributed by atoms with E-state index in [0.29, 0.717) is 22.9 Å². The molecular formula is C30H21N9O. The smallest absolute Gasteiger partial charge is 0.228 e. The minimum atomic E-state index is -0.115. The molecule has 0 spiro atoms. The van der Waals surface area contributed by atoms with E-state index in [-0.39, 0.29) is 12.3 Å². The van der Waals surface area contributed by atoms with E-state index >= 15 is 0 Å². The lowest BCUT2D eigenvalue weighted by molar-refractivity contribution is -0.115. The maximum absolute atomic E-state index is 12.6. The molecule has 0 aliphatic carbocycles. The molecule has 1 aromatic carbocycles. The lowest BCUT2D eigenvalue weighted by Gasteiger charge is -2.07. The van der Waals surface area contributed by atoms with Crippen LogP contribution in [0.2, 0.25) is 0 Å². The third kappa shape index (κ3) is 4.43. The Hall–Kier alpha value is -5.77. The van der Waals surface area contributed by atoms with Crippen molar-refractivity contribution in [1.29, 1.82) is 0 Å². The van der Waals surface area contributed by atoms with Crippen molar-refractivity contribution in [3.05, 3.63) is 104 Å². The lowest BCUT2D eigenvalue weighted by Crippen LogP contribution is -2.14. The molecule has 1 amide bonds. The number of aromatic nitrogens is 8. The molecule has 0 aliphatic heterocycles. The molecule has 0 aliphatic rings. The highest BCUT2D eigenvalue weighted by molar-refractivity contribution is 5.97. The van der Waals surface area contributed by atoms with Gasteiger partial charge in [0.05, 0.1) is 52.9 Å². The standard InChI is InChI=1S/C30H21N9O/c40-27(10-18-4-2-1-3-5-18)35-21-11-20(13-32-14-21)24-12-22-25(17-34-24)38-39-29(22)30-36-26-16-33-15-23(28(26)37-30)19-6-8-31-9-7-19/h1-9,11-17H,10H2,(H,35,40)(H,36,37)(H,38,39). The maximum atomic E-state index is 12.6. The highest BCUT2D eigenvalue weighted by atomic mass is 16.1. The average Bonchev–Trinajstić information content (AvgIpc) is 3.62. The van der Waals surface area contributed by atoms with Gasteiger partial charge in [-0.25, -0.2) is 4.98 Å². The number of imidazole rings is 1. The number of amides is 1. The zero-order valence-electron chi connectivity index (χ0n) is 21.0. The van der Waals surface area contributed by atoms with Gasteiger partial charge in [0.1, 0.15) is 5.69 Å². The van der Waals surface area contributed by atoms with E-state index in [1.54, 1.807) is 43.4 Å². The van der Waals surface area contributed by atoms with Crippen LogP contribution in [0.25, 0.3) is 55.8 Å². The fraction of sp³-hybridized carbons (Fsp3) is 0.0333. The van der Waals surface area contributed by atoms with Crippen molar-refractivity contribution < 1.29 is 4.79 Å². The average molecular weight is 524 g/mol. The summed E-state index contributed by atoms with van der Waals surface area (Å²) in [7, 11) is 0. The summed E-state index contributed by atoms with van der Waals surface area (Å²) in [6.07, 6.45) is 12.4. The van der Waals surface area contributed by atoms with E-state index < -0.39 is 0 Å². The summed E-state index contributed by atoms with van der Waals surface area (Å²) in [5.41, 5.74) is 7.91. The van der Waals surface area contributed by atoms with E-state index in [1.165, 1.54) is 0 Å². The van der Waals surface area contributed by atoms with Gasteiger partial charge >= 0.3 is 0 Å². The molecule has 10 nitrogen and oxygen atoms in total. The van der Waals surface area contributed by atoms with E-state index in [1.807, 2.05) is 54.6 Å². The normalized spacial score (nSPS) is 11.2. The monoisotopic (exact) mass is 523 g/mol. The Balaban J connectivity index is 1.21. The van der Waals surface area contributed by atoms with Gasteiger partial charge in [0.15, 0.2) is 5.82 Å². The molecule has 192 valence electrons. The van der Waals surface area contributed by atoms with Crippen LogP contribution in [0, 0.1) is 0 Å². The van der Waals surface area contributed by atoms with Crippen molar-refractivity contribution >= 4 is 33.5 Å². The number of carbonyl (C=O) groups excluding carboxylic acids is 1. The third-order valence-electron chi connectivity index (χ3n) is 6.58. The van der Waals surface area contributed by atoms with Gasteiger partial charge in [-0.15, -0.1) is 0 Å². The van der Waals surface area contributed by atoms with Crippen LogP contribution in [0.15, 0.2) is 98.0 Å². The summed E-state index contributed by atoms with van der Waals surface area (Å²) in [6.45, 7) is 0. The Morgan fingerprint density at radius 2 is 1.68 bits per heavy atom. The number of hydrogen-bond acceptors (Lipinski definition) is 7. The molecule has 0 radical (unpaired) electrons. The summed E-state index contributed by atoms with van der Waals surface area (Å²) in [6, 6.07) is 17.3. The van der Waals surface area contributed by atoms with Crippen molar-refractivity contribution in [2.45, 2.75) is 6.42 Å². The predicted octanol–water partition coefficient (Wildman–Crippen LogP) is 5.20. The molecule has 6 aromatic heterocycles. The summed E-state index contributed by atoms with van der Waals surface area (Å²) >= 11 is 0. The molecule has 7 rings (SSSR count). The molecule has 0 saturated carbocycles. The van der Waals surface area contributed by atoms with Crippen LogP contribution < -0.4 is 5.32 Å². The van der Waals surface area contributed by atoms with E-state index in [9.17, 15) is 4.79 Å². The molecule has 0 fully saturated rings. The van der Waals surface area contributed by atoms with Crippen LogP contribution >= 0.6 is 0 Å². The van der Waals surface area contributed by atoms with Crippen LogP contribution in [0.3, 0.4) is 0 Å². The Kier molecular flexibility index (Phi) is 5.74. The highest BCUT2D eigenvalue weighted by Gasteiger charge is 2.17. The summed E-state index contributed by atoms with van der Waals surface area (Å²) in [4.78, 5) is 38.2. The number of benzene rings is 1. The van der Waals surface area contributed by atoms with Crippen molar-refractivity contribution in [3.8, 4) is 33.9 Å². The number of rotatable bonds is 6. The summed E-state index contributed by atoms with van der Waals surface area (Å²) in [5.74, 6) is 0.498. The van der Waals surface area contributed by atoms with Gasteiger partial charge in [-0.05, 0) is 35.4 Å². The van der Waals surface area contributed by atoms with Crippen LogP contribution in [0.4, 0.5) is 5.69 Å². The largest absolute Gasteiger partial charge is 0.335 e. The molecule has 0 bridgehead atoms. The van der Waals surface area contributed by atoms with Crippen LogP contribution in [0.1, 0.15) is 5.56 Å². The first kappa shape index (κ1) is 23.4. The van der Waals surface area contributed by atoms with Crippen molar-refractivity contribution in [2.24, 2.45) is 0 Å². The van der Waals surface area contributed by atoms with Crippen molar-refractivity contribution in [2.75, 3.05) is 5.32 Å². The molecule has 3 N–H and O–H groups in total. The SMILES string of the molecule is O=C(Cc1ccccc1)Nc1cncc(-c2cc3c(-c4nc5c(-c6ccncc6)cncc5[nH]4)n[nH]c3cn2)c1. The topological polar surface area (TPSA) is 138 Å². The quantitative estimate of drug-likeness (QED) is 0.272. The van der Waals surface area contributed by atoms with Crippen LogP contribution in [0.5, 0.6) is 0 Å². The van der Waals surface area contributed by atoms with Crippen LogP contribution in [-0.4, -0.2) is 46.0 Å². The number of nitrogens with one attached hydrogen (secondary N) is 3. The Morgan fingerprint density at radius 1 is 0.825 bits per heavy atom. The molecule has 0 saturated heterocycles. The first-order valence-electron chi connectivity index (χ1n) is 12.6. The Labute approximate surface area is 227 Å². The number of nitrogens with zero attached hydrogens (tertiary/aromatic N) is 6. The number of H-pyrrole nitrogens is 2. The second-order valence-corrected chi connectivity index (χ2v) is 9.26. The van der Waals surface area contributed by atoms with Gasteiger partial charge < -0.3 is 10.3 Å². The van der Waals surface area contributed by atoms with Crippen LogP contribution in [-0.2, 0) is 11.2 Å². The Bertz CT molecular complexity index is 1980. The van der Waals surface area contributed by atoms with Gasteiger partial charge in [0, 0.05) is 41.3 Å². The van der Waals surface area contributed by atoms with Gasteiger partial charge in [0.25, 0.3) is 0 Å². The first-order valence-corrected chi connectivity index (χ1v) is 12.6. The number of aromatic amines is 2. The number of hydrogen-bond donors (Lipinski definition) is 3. The number of anilines is 1. The molecule has 0 unspecified atom stereocenters. The van der Waals surface area contributed by atoms with Gasteiger partial charge in [-0.2, -0.15) is 5.10 Å². The number of pyridine rings is 4. The maximum Gasteiger partial charge on any atom is 0.228 e. The molecule has 7 aromatic rings. The van der Waals surface area contributed by atoms with Gasteiger partial charge in [-0.1, -0.05) is 30.3 Å². The predicted molar refractivity (Wildman–Crippen MR) is 152 cm³/mol. The number of carbonyl (C=O) groups is 1. The zero-order valence-corrected chi connectivity index (χ0v) is 21.0. The van der Waals surface area contributed by atoms with Gasteiger partial charge in [0.2, 0.25) is 5.91 Å². The van der Waals surface area contributed by atoms with Gasteiger partial charge in [-0.3, -0.25) is 29.8 Å². The van der Waals surface area contributed by atoms with E-state index in [4.69, 9.17) is 4.98 Å². The molecule has 6 heterocycles. The fourth-order valence-corrected chi connectivity index (χ4v) is 4.68. The highest BCUT2D eigenvalue weighted by Crippen LogP contribution is 2.32. The second-order valence-electron chi connectivity index (χ2n) is 9.26. The second kappa shape index (κ2) is 9.84. The van der Waals surface area contributed by atoms with E-state index in [2.05, 4.69) is 40.4 Å². The molecule has 10 heteroatoms. The first-order chi connectivity index (χ1) is 19.7. The van der Waals surface area contributed by atoms with E-state index in [0.717, 1.165) is 44.2 Å². The summed E-state index contributed by atoms with van der Waals surface area (Å²) in [5, 5.41) is 11.4. The van der Waals surface area contributed by atoms with Crippen molar-refractivity contribution in [1.82, 2.24) is 40.1 Å². The Morgan fingerprint density at radius 3 is 2.55 bits per heavy atom.